The molecule has 2 aromatic rings. The number of benzene rings is 2. The zero-order valence-corrected chi connectivity index (χ0v) is 17.7. The van der Waals surface area contributed by atoms with Gasteiger partial charge in [-0.3, -0.25) is 0 Å². The highest BCUT2D eigenvalue weighted by Gasteiger charge is 2.40. The van der Waals surface area contributed by atoms with E-state index in [1.807, 2.05) is 36.4 Å². The number of rotatable bonds is 5. The van der Waals surface area contributed by atoms with Crippen molar-refractivity contribution in [3.63, 3.8) is 0 Å². The standard InChI is InChI=1S/C21H28O4Si/c1-21(2,3)26(6,7)25-19-13-16(15-11-9-8-10-12-15)18(23-4)14-17(19)20(22)24-5/h8-14H,1-7H3. The zero-order chi connectivity index (χ0) is 19.5. The smallest absolute Gasteiger partial charge is 0.341 e. The molecule has 5 heteroatoms. The maximum absolute atomic E-state index is 12.3. The van der Waals surface area contributed by atoms with Crippen LogP contribution in [0.15, 0.2) is 42.5 Å². The van der Waals surface area contributed by atoms with E-state index in [1.54, 1.807) is 13.2 Å². The van der Waals surface area contributed by atoms with Crippen LogP contribution in [0.25, 0.3) is 11.1 Å². The Balaban J connectivity index is 2.66. The van der Waals surface area contributed by atoms with E-state index in [-0.39, 0.29) is 5.04 Å². The highest BCUT2D eigenvalue weighted by molar-refractivity contribution is 6.74. The Kier molecular flexibility index (Phi) is 5.81. The molecule has 140 valence electrons. The van der Waals surface area contributed by atoms with Crippen molar-refractivity contribution < 1.29 is 18.7 Å². The SMILES string of the molecule is COC(=O)c1cc(OC)c(-c2ccccc2)cc1O[Si](C)(C)C(C)(C)C. The van der Waals surface area contributed by atoms with Crippen molar-refractivity contribution in [3.05, 3.63) is 48.0 Å². The van der Waals surface area contributed by atoms with Crippen LogP contribution in [0.5, 0.6) is 11.5 Å². The van der Waals surface area contributed by atoms with Gasteiger partial charge in [-0.1, -0.05) is 51.1 Å². The summed E-state index contributed by atoms with van der Waals surface area (Å²) in [6.45, 7) is 10.8. The summed E-state index contributed by atoms with van der Waals surface area (Å²) in [5.41, 5.74) is 2.27. The van der Waals surface area contributed by atoms with Crippen LogP contribution in [0.4, 0.5) is 0 Å². The monoisotopic (exact) mass is 372 g/mol. The summed E-state index contributed by atoms with van der Waals surface area (Å²) in [7, 11) is 0.830. The van der Waals surface area contributed by atoms with E-state index < -0.39 is 14.3 Å². The van der Waals surface area contributed by atoms with Crippen LogP contribution in [0.1, 0.15) is 31.1 Å². The molecule has 0 saturated heterocycles. The lowest BCUT2D eigenvalue weighted by molar-refractivity contribution is 0.0598. The maximum atomic E-state index is 12.3. The predicted octanol–water partition coefficient (Wildman–Crippen LogP) is 5.53. The summed E-state index contributed by atoms with van der Waals surface area (Å²) in [6, 6.07) is 13.5. The Bertz CT molecular complexity index is 777. The number of carbonyl (C=O) groups excluding carboxylic acids is 1. The lowest BCUT2D eigenvalue weighted by Gasteiger charge is -2.37. The van der Waals surface area contributed by atoms with Gasteiger partial charge >= 0.3 is 5.97 Å². The molecule has 0 saturated carbocycles. The Hall–Kier alpha value is -2.27. The van der Waals surface area contributed by atoms with Crippen LogP contribution in [0.3, 0.4) is 0 Å². The van der Waals surface area contributed by atoms with Gasteiger partial charge in [0, 0.05) is 5.56 Å². The number of ether oxygens (including phenoxy) is 2. The second-order valence-electron chi connectivity index (χ2n) is 7.77. The third-order valence-corrected chi connectivity index (χ3v) is 9.31. The second-order valence-corrected chi connectivity index (χ2v) is 12.5. The molecule has 0 fully saturated rings. The summed E-state index contributed by atoms with van der Waals surface area (Å²) in [5, 5.41) is 0.00717. The molecule has 0 aromatic heterocycles. The first-order valence-electron chi connectivity index (χ1n) is 8.65. The average molecular weight is 373 g/mol. The van der Waals surface area contributed by atoms with E-state index in [0.29, 0.717) is 17.1 Å². The molecule has 0 spiro atoms. The van der Waals surface area contributed by atoms with Crippen molar-refractivity contribution in [3.8, 4) is 22.6 Å². The molecular weight excluding hydrogens is 344 g/mol. The summed E-state index contributed by atoms with van der Waals surface area (Å²) >= 11 is 0. The number of hydrogen-bond acceptors (Lipinski definition) is 4. The molecule has 26 heavy (non-hydrogen) atoms. The van der Waals surface area contributed by atoms with Crippen molar-refractivity contribution >= 4 is 14.3 Å². The van der Waals surface area contributed by atoms with Crippen molar-refractivity contribution in [1.82, 2.24) is 0 Å². The van der Waals surface area contributed by atoms with E-state index in [4.69, 9.17) is 13.9 Å². The summed E-state index contributed by atoms with van der Waals surface area (Å²) in [5.74, 6) is 0.721. The first-order valence-corrected chi connectivity index (χ1v) is 11.6. The molecule has 0 amide bonds. The van der Waals surface area contributed by atoms with Crippen molar-refractivity contribution in [2.24, 2.45) is 0 Å². The van der Waals surface area contributed by atoms with E-state index in [2.05, 4.69) is 33.9 Å². The highest BCUT2D eigenvalue weighted by Crippen LogP contribution is 2.41. The molecule has 0 aliphatic rings. The molecule has 4 nitrogen and oxygen atoms in total. The number of esters is 1. The summed E-state index contributed by atoms with van der Waals surface area (Å²) in [6.07, 6.45) is 0. The molecule has 0 aliphatic carbocycles. The fraction of sp³-hybridized carbons (Fsp3) is 0.381. The highest BCUT2D eigenvalue weighted by atomic mass is 28.4. The Labute approximate surface area is 157 Å². The van der Waals surface area contributed by atoms with Gasteiger partial charge in [-0.2, -0.15) is 0 Å². The lowest BCUT2D eigenvalue weighted by Crippen LogP contribution is -2.44. The average Bonchev–Trinajstić information content (AvgIpc) is 2.60. The van der Waals surface area contributed by atoms with Crippen LogP contribution in [0, 0.1) is 0 Å². The Morgan fingerprint density at radius 1 is 0.962 bits per heavy atom. The predicted molar refractivity (Wildman–Crippen MR) is 108 cm³/mol. The molecule has 0 heterocycles. The summed E-state index contributed by atoms with van der Waals surface area (Å²) < 4.78 is 17.0. The van der Waals surface area contributed by atoms with Crippen LogP contribution in [-0.4, -0.2) is 28.5 Å². The van der Waals surface area contributed by atoms with Gasteiger partial charge < -0.3 is 13.9 Å². The van der Waals surface area contributed by atoms with Crippen molar-refractivity contribution in [1.29, 1.82) is 0 Å². The fourth-order valence-corrected chi connectivity index (χ4v) is 3.38. The minimum Gasteiger partial charge on any atom is -0.543 e. The molecule has 0 aliphatic heterocycles. The van der Waals surface area contributed by atoms with Gasteiger partial charge in [-0.25, -0.2) is 4.79 Å². The molecule has 2 rings (SSSR count). The van der Waals surface area contributed by atoms with Gasteiger partial charge in [0.05, 0.1) is 14.2 Å². The zero-order valence-electron chi connectivity index (χ0n) is 16.7. The fourth-order valence-electron chi connectivity index (χ4n) is 2.35. The molecule has 0 bridgehead atoms. The third-order valence-electron chi connectivity index (χ3n) is 4.96. The molecule has 2 aromatic carbocycles. The Morgan fingerprint density at radius 2 is 1.58 bits per heavy atom. The van der Waals surface area contributed by atoms with Gasteiger partial charge in [0.2, 0.25) is 0 Å². The number of methoxy groups -OCH3 is 2. The maximum Gasteiger partial charge on any atom is 0.341 e. The van der Waals surface area contributed by atoms with Gasteiger partial charge in [0.15, 0.2) is 0 Å². The van der Waals surface area contributed by atoms with Gasteiger partial charge in [0.25, 0.3) is 8.32 Å². The summed E-state index contributed by atoms with van der Waals surface area (Å²) in [4.78, 5) is 12.3. The van der Waals surface area contributed by atoms with Crippen molar-refractivity contribution in [2.75, 3.05) is 14.2 Å². The molecule has 0 atom stereocenters. The minimum absolute atomic E-state index is 0.00717. The van der Waals surface area contributed by atoms with Gasteiger partial charge in [-0.15, -0.1) is 0 Å². The molecule has 0 unspecified atom stereocenters. The largest absolute Gasteiger partial charge is 0.543 e. The van der Waals surface area contributed by atoms with Crippen LogP contribution < -0.4 is 9.16 Å². The minimum atomic E-state index is -2.14. The Morgan fingerprint density at radius 3 is 2.08 bits per heavy atom. The van der Waals surface area contributed by atoms with Crippen LogP contribution >= 0.6 is 0 Å². The molecular formula is C21H28O4Si. The van der Waals surface area contributed by atoms with E-state index in [0.717, 1.165) is 11.1 Å². The van der Waals surface area contributed by atoms with E-state index in [1.165, 1.54) is 7.11 Å². The quantitative estimate of drug-likeness (QED) is 0.511. The first kappa shape index (κ1) is 20.0. The lowest BCUT2D eigenvalue weighted by atomic mass is 10.0. The van der Waals surface area contributed by atoms with E-state index >= 15 is 0 Å². The first-order chi connectivity index (χ1) is 12.1. The normalized spacial score (nSPS) is 11.8. The third kappa shape index (κ3) is 4.10. The van der Waals surface area contributed by atoms with Gasteiger partial charge in [-0.05, 0) is 35.8 Å². The second kappa shape index (κ2) is 7.54. The van der Waals surface area contributed by atoms with Crippen molar-refractivity contribution in [2.45, 2.75) is 38.9 Å². The molecule has 0 radical (unpaired) electrons. The number of carbonyl (C=O) groups is 1. The topological polar surface area (TPSA) is 44.8 Å². The van der Waals surface area contributed by atoms with Crippen LogP contribution in [0.2, 0.25) is 18.1 Å². The molecule has 0 N–H and O–H groups in total. The van der Waals surface area contributed by atoms with E-state index in [9.17, 15) is 4.79 Å². The number of hydrogen-bond donors (Lipinski definition) is 0. The van der Waals surface area contributed by atoms with Crippen LogP contribution in [-0.2, 0) is 4.74 Å². The van der Waals surface area contributed by atoms with Gasteiger partial charge in [0.1, 0.15) is 17.1 Å².